The predicted molar refractivity (Wildman–Crippen MR) is 57.3 cm³/mol. The number of cyclic esters (lactones) is 1. The Kier molecular flexibility index (Phi) is 3.46. The fraction of sp³-hybridized carbons (Fsp3) is 0.333. The van der Waals surface area contributed by atoms with Gasteiger partial charge in [-0.05, 0) is 24.6 Å². The van der Waals surface area contributed by atoms with Gasteiger partial charge in [-0.15, -0.1) is 0 Å². The summed E-state index contributed by atoms with van der Waals surface area (Å²) < 4.78 is 43.5. The average molecular weight is 273 g/mol. The lowest BCUT2D eigenvalue weighted by atomic mass is 10.1. The number of ether oxygens (including phenoxy) is 1. The SMILES string of the molecule is C[C@@H]1CN(Cc2cc(F)c(F)c(F)c2)C(=O)C(=O)O1. The van der Waals surface area contributed by atoms with Crippen molar-refractivity contribution in [3.05, 3.63) is 35.1 Å². The van der Waals surface area contributed by atoms with Gasteiger partial charge in [0, 0.05) is 6.54 Å². The molecule has 1 fully saturated rings. The number of nitrogens with zero attached hydrogens (tertiary/aromatic N) is 1. The quantitative estimate of drug-likeness (QED) is 0.464. The van der Waals surface area contributed by atoms with Crippen LogP contribution in [-0.4, -0.2) is 29.4 Å². The van der Waals surface area contributed by atoms with Crippen LogP contribution in [0.3, 0.4) is 0 Å². The first kappa shape index (κ1) is 13.4. The summed E-state index contributed by atoms with van der Waals surface area (Å²) in [4.78, 5) is 23.8. The summed E-state index contributed by atoms with van der Waals surface area (Å²) in [7, 11) is 0. The highest BCUT2D eigenvalue weighted by Crippen LogP contribution is 2.17. The largest absolute Gasteiger partial charge is 0.454 e. The van der Waals surface area contributed by atoms with Crippen LogP contribution in [0.15, 0.2) is 12.1 Å². The molecule has 0 N–H and O–H groups in total. The molecule has 0 saturated carbocycles. The molecule has 0 radical (unpaired) electrons. The molecule has 1 aromatic carbocycles. The number of halogens is 3. The molecule has 1 amide bonds. The lowest BCUT2D eigenvalue weighted by Gasteiger charge is -2.29. The maximum absolute atomic E-state index is 13.0. The van der Waals surface area contributed by atoms with Crippen LogP contribution in [0, 0.1) is 17.5 Å². The Balaban J connectivity index is 2.21. The molecule has 102 valence electrons. The van der Waals surface area contributed by atoms with Crippen molar-refractivity contribution in [3.63, 3.8) is 0 Å². The molecule has 0 unspecified atom stereocenters. The average Bonchev–Trinajstić information content (AvgIpc) is 2.32. The van der Waals surface area contributed by atoms with Crippen molar-refractivity contribution >= 4 is 11.9 Å². The second-order valence-corrected chi connectivity index (χ2v) is 4.28. The van der Waals surface area contributed by atoms with Gasteiger partial charge in [-0.3, -0.25) is 4.79 Å². The number of rotatable bonds is 2. The summed E-state index contributed by atoms with van der Waals surface area (Å²) in [5.74, 6) is -6.14. The Morgan fingerprint density at radius 3 is 2.42 bits per heavy atom. The Morgan fingerprint density at radius 1 is 1.26 bits per heavy atom. The molecule has 1 heterocycles. The smallest absolute Gasteiger partial charge is 0.397 e. The second kappa shape index (κ2) is 4.91. The lowest BCUT2D eigenvalue weighted by molar-refractivity contribution is -0.172. The van der Waals surface area contributed by atoms with Crippen molar-refractivity contribution in [2.24, 2.45) is 0 Å². The predicted octanol–water partition coefficient (Wildman–Crippen LogP) is 1.38. The van der Waals surface area contributed by atoms with Crippen LogP contribution in [0.4, 0.5) is 13.2 Å². The zero-order valence-electron chi connectivity index (χ0n) is 9.95. The van der Waals surface area contributed by atoms with Crippen LogP contribution in [0.5, 0.6) is 0 Å². The number of amides is 1. The topological polar surface area (TPSA) is 46.6 Å². The maximum atomic E-state index is 13.0. The Bertz CT molecular complexity index is 524. The fourth-order valence-corrected chi connectivity index (χ4v) is 1.85. The molecule has 1 saturated heterocycles. The highest BCUT2D eigenvalue weighted by atomic mass is 19.2. The number of carbonyl (C=O) groups excluding carboxylic acids is 2. The van der Waals surface area contributed by atoms with Gasteiger partial charge in [-0.25, -0.2) is 18.0 Å². The van der Waals surface area contributed by atoms with E-state index in [4.69, 9.17) is 4.74 Å². The van der Waals surface area contributed by atoms with Gasteiger partial charge in [0.05, 0.1) is 6.54 Å². The van der Waals surface area contributed by atoms with Crippen LogP contribution in [0.1, 0.15) is 12.5 Å². The molecule has 1 aromatic rings. The maximum Gasteiger partial charge on any atom is 0.397 e. The molecule has 19 heavy (non-hydrogen) atoms. The minimum atomic E-state index is -1.57. The Labute approximate surface area is 106 Å². The first-order valence-corrected chi connectivity index (χ1v) is 5.51. The molecular weight excluding hydrogens is 263 g/mol. The van der Waals surface area contributed by atoms with Crippen molar-refractivity contribution in [3.8, 4) is 0 Å². The van der Waals surface area contributed by atoms with E-state index in [1.165, 1.54) is 0 Å². The first-order chi connectivity index (χ1) is 8.88. The van der Waals surface area contributed by atoms with E-state index >= 15 is 0 Å². The molecule has 0 aromatic heterocycles. The van der Waals surface area contributed by atoms with Crippen LogP contribution >= 0.6 is 0 Å². The zero-order chi connectivity index (χ0) is 14.2. The van der Waals surface area contributed by atoms with Gasteiger partial charge in [0.1, 0.15) is 6.10 Å². The number of morpholine rings is 1. The minimum absolute atomic E-state index is 0.0617. The van der Waals surface area contributed by atoms with Crippen molar-refractivity contribution in [1.82, 2.24) is 4.90 Å². The van der Waals surface area contributed by atoms with Gasteiger partial charge in [-0.2, -0.15) is 0 Å². The summed E-state index contributed by atoms with van der Waals surface area (Å²) >= 11 is 0. The molecular formula is C12H10F3NO3. The van der Waals surface area contributed by atoms with E-state index in [0.717, 1.165) is 17.0 Å². The molecule has 0 aliphatic carbocycles. The summed E-state index contributed by atoms with van der Waals surface area (Å²) in [5, 5.41) is 0. The number of benzene rings is 1. The fourth-order valence-electron chi connectivity index (χ4n) is 1.85. The van der Waals surface area contributed by atoms with Gasteiger partial charge >= 0.3 is 11.9 Å². The van der Waals surface area contributed by atoms with E-state index in [2.05, 4.69) is 0 Å². The third-order valence-corrected chi connectivity index (χ3v) is 2.66. The van der Waals surface area contributed by atoms with E-state index in [9.17, 15) is 22.8 Å². The monoisotopic (exact) mass is 273 g/mol. The molecule has 2 rings (SSSR count). The van der Waals surface area contributed by atoms with Crippen LogP contribution < -0.4 is 0 Å². The number of hydrogen-bond donors (Lipinski definition) is 0. The standard InChI is InChI=1S/C12H10F3NO3/c1-6-4-16(11(17)12(18)19-6)5-7-2-8(13)10(15)9(14)3-7/h2-3,6H,4-5H2,1H3/t6-/m1/s1. The van der Waals surface area contributed by atoms with E-state index in [0.29, 0.717) is 0 Å². The van der Waals surface area contributed by atoms with Crippen LogP contribution in [-0.2, 0) is 20.9 Å². The molecule has 1 atom stereocenters. The first-order valence-electron chi connectivity index (χ1n) is 5.51. The second-order valence-electron chi connectivity index (χ2n) is 4.28. The Hall–Kier alpha value is -2.05. The molecule has 7 heteroatoms. The van der Waals surface area contributed by atoms with E-state index in [1.807, 2.05) is 0 Å². The zero-order valence-corrected chi connectivity index (χ0v) is 9.95. The van der Waals surface area contributed by atoms with Crippen molar-refractivity contribution in [2.75, 3.05) is 6.54 Å². The molecule has 0 bridgehead atoms. The number of esters is 1. The molecule has 1 aliphatic rings. The lowest BCUT2D eigenvalue weighted by Crippen LogP contribution is -2.48. The van der Waals surface area contributed by atoms with Crippen molar-refractivity contribution in [2.45, 2.75) is 19.6 Å². The van der Waals surface area contributed by atoms with Gasteiger partial charge in [-0.1, -0.05) is 0 Å². The van der Waals surface area contributed by atoms with Crippen molar-refractivity contribution in [1.29, 1.82) is 0 Å². The van der Waals surface area contributed by atoms with Crippen LogP contribution in [0.2, 0.25) is 0 Å². The number of hydrogen-bond acceptors (Lipinski definition) is 3. The molecule has 1 aliphatic heterocycles. The molecule has 0 spiro atoms. The summed E-state index contributed by atoms with van der Waals surface area (Å²) in [6.07, 6.45) is -0.500. The van der Waals surface area contributed by atoms with E-state index in [1.54, 1.807) is 6.92 Å². The third-order valence-electron chi connectivity index (χ3n) is 2.66. The Morgan fingerprint density at radius 2 is 1.84 bits per heavy atom. The van der Waals surface area contributed by atoms with Crippen LogP contribution in [0.25, 0.3) is 0 Å². The van der Waals surface area contributed by atoms with E-state index in [-0.39, 0.29) is 18.7 Å². The highest BCUT2D eigenvalue weighted by molar-refractivity contribution is 6.32. The normalized spacial score (nSPS) is 19.6. The molecule has 4 nitrogen and oxygen atoms in total. The summed E-state index contributed by atoms with van der Waals surface area (Å²) in [6, 6.07) is 1.58. The van der Waals surface area contributed by atoms with Gasteiger partial charge < -0.3 is 9.64 Å². The van der Waals surface area contributed by atoms with E-state index < -0.39 is 35.4 Å². The summed E-state index contributed by atoms with van der Waals surface area (Å²) in [6.45, 7) is 1.51. The summed E-state index contributed by atoms with van der Waals surface area (Å²) in [5.41, 5.74) is 0.0617. The highest BCUT2D eigenvalue weighted by Gasteiger charge is 2.32. The van der Waals surface area contributed by atoms with Gasteiger partial charge in [0.25, 0.3) is 0 Å². The third kappa shape index (κ3) is 2.69. The number of carbonyl (C=O) groups is 2. The minimum Gasteiger partial charge on any atom is -0.454 e. The van der Waals surface area contributed by atoms with Gasteiger partial charge in [0.15, 0.2) is 17.5 Å². The van der Waals surface area contributed by atoms with Gasteiger partial charge in [0.2, 0.25) is 0 Å². The van der Waals surface area contributed by atoms with Crippen molar-refractivity contribution < 1.29 is 27.5 Å².